The number of halogens is 2. The van der Waals surface area contributed by atoms with Gasteiger partial charge in [0.25, 0.3) is 11.8 Å². The van der Waals surface area contributed by atoms with Gasteiger partial charge < -0.3 is 4.90 Å². The van der Waals surface area contributed by atoms with E-state index >= 15 is 0 Å². The number of rotatable bonds is 5. The van der Waals surface area contributed by atoms with Crippen LogP contribution in [0, 0.1) is 0 Å². The van der Waals surface area contributed by atoms with Crippen molar-refractivity contribution < 1.29 is 22.8 Å². The summed E-state index contributed by atoms with van der Waals surface area (Å²) < 4.78 is 23.3. The Kier molecular flexibility index (Phi) is 6.03. The summed E-state index contributed by atoms with van der Waals surface area (Å²) in [4.78, 5) is 41.4. The predicted octanol–water partition coefficient (Wildman–Crippen LogP) is 2.41. The Morgan fingerprint density at radius 3 is 2.00 bits per heavy atom. The quantitative estimate of drug-likeness (QED) is 0.647. The van der Waals surface area contributed by atoms with E-state index in [-0.39, 0.29) is 33.3 Å². The molecule has 1 aromatic carbocycles. The van der Waals surface area contributed by atoms with E-state index in [1.54, 1.807) is 4.90 Å². The van der Waals surface area contributed by atoms with E-state index in [1.807, 2.05) is 0 Å². The molecule has 3 rings (SSSR count). The first kappa shape index (κ1) is 21.1. The van der Waals surface area contributed by atoms with Crippen LogP contribution in [0.1, 0.15) is 46.4 Å². The number of likely N-dealkylation sites (tertiary alicyclic amines) is 1. The van der Waals surface area contributed by atoms with Crippen molar-refractivity contribution in [3.05, 3.63) is 33.3 Å². The molecular formula is C18H20Cl2N2O5S. The van der Waals surface area contributed by atoms with Crippen molar-refractivity contribution in [1.82, 2.24) is 9.80 Å². The van der Waals surface area contributed by atoms with Crippen molar-refractivity contribution in [3.8, 4) is 0 Å². The van der Waals surface area contributed by atoms with Gasteiger partial charge in [0.05, 0.1) is 26.9 Å². The summed E-state index contributed by atoms with van der Waals surface area (Å²) in [7, 11) is -3.39. The zero-order chi connectivity index (χ0) is 20.6. The number of piperidine rings is 1. The van der Waals surface area contributed by atoms with Crippen LogP contribution >= 0.6 is 23.2 Å². The maximum atomic E-state index is 13.1. The number of fused-ring (bicyclic) bond motifs is 1. The summed E-state index contributed by atoms with van der Waals surface area (Å²) in [6.07, 6.45) is 3.57. The number of nitrogens with zero attached hydrogens (tertiary/aromatic N) is 2. The van der Waals surface area contributed by atoms with Crippen molar-refractivity contribution in [2.24, 2.45) is 0 Å². The van der Waals surface area contributed by atoms with Gasteiger partial charge in [-0.1, -0.05) is 23.2 Å². The second kappa shape index (κ2) is 8.00. The number of carbonyl (C=O) groups excluding carboxylic acids is 3. The van der Waals surface area contributed by atoms with Gasteiger partial charge >= 0.3 is 0 Å². The molecule has 0 unspecified atom stereocenters. The molecule has 0 saturated carbocycles. The molecule has 0 aliphatic carbocycles. The van der Waals surface area contributed by atoms with E-state index in [1.165, 1.54) is 12.1 Å². The first-order valence-corrected chi connectivity index (χ1v) is 11.8. The molecule has 0 spiro atoms. The lowest BCUT2D eigenvalue weighted by atomic mass is 10.1. The number of benzene rings is 1. The smallest absolute Gasteiger partial charge is 0.262 e. The third kappa shape index (κ3) is 4.18. The first-order chi connectivity index (χ1) is 13.1. The fraction of sp³-hybridized carbons (Fsp3) is 0.500. The highest BCUT2D eigenvalue weighted by Crippen LogP contribution is 2.33. The van der Waals surface area contributed by atoms with E-state index in [0.717, 1.165) is 30.4 Å². The number of sulfone groups is 1. The van der Waals surface area contributed by atoms with Gasteiger partial charge in [0.1, 0.15) is 15.9 Å². The van der Waals surface area contributed by atoms with E-state index < -0.39 is 33.6 Å². The molecule has 0 aromatic heterocycles. The van der Waals surface area contributed by atoms with Gasteiger partial charge in [0, 0.05) is 19.3 Å². The maximum absolute atomic E-state index is 13.1. The van der Waals surface area contributed by atoms with E-state index in [2.05, 4.69) is 0 Å². The second-order valence-corrected chi connectivity index (χ2v) is 10.2. The highest BCUT2D eigenvalue weighted by Gasteiger charge is 2.44. The van der Waals surface area contributed by atoms with Crippen LogP contribution in [0.25, 0.3) is 0 Å². The molecule has 28 heavy (non-hydrogen) atoms. The molecule has 0 N–H and O–H groups in total. The van der Waals surface area contributed by atoms with Gasteiger partial charge in [0.15, 0.2) is 0 Å². The molecule has 1 saturated heterocycles. The zero-order valence-electron chi connectivity index (χ0n) is 15.3. The van der Waals surface area contributed by atoms with Crippen LogP contribution in [0.5, 0.6) is 0 Å². The zero-order valence-corrected chi connectivity index (χ0v) is 17.6. The number of imide groups is 1. The van der Waals surface area contributed by atoms with Gasteiger partial charge in [-0.2, -0.15) is 0 Å². The van der Waals surface area contributed by atoms with Gasteiger partial charge in [-0.3, -0.25) is 19.3 Å². The number of amides is 3. The third-order valence-electron chi connectivity index (χ3n) is 4.99. The molecule has 3 amide bonds. The third-order valence-corrected chi connectivity index (χ3v) is 6.68. The summed E-state index contributed by atoms with van der Waals surface area (Å²) in [5.41, 5.74) is 0.130. The average Bonchev–Trinajstić information content (AvgIpc) is 2.87. The fourth-order valence-electron chi connectivity index (χ4n) is 3.55. The topological polar surface area (TPSA) is 91.8 Å². The molecule has 10 heteroatoms. The Hall–Kier alpha value is -1.64. The molecule has 1 fully saturated rings. The van der Waals surface area contributed by atoms with Gasteiger partial charge in [-0.25, -0.2) is 8.42 Å². The second-order valence-electron chi connectivity index (χ2n) is 7.11. The van der Waals surface area contributed by atoms with Gasteiger partial charge in [-0.05, 0) is 37.8 Å². The lowest BCUT2D eigenvalue weighted by Crippen LogP contribution is -2.52. The average molecular weight is 447 g/mol. The lowest BCUT2D eigenvalue weighted by Gasteiger charge is -2.33. The summed E-state index contributed by atoms with van der Waals surface area (Å²) in [5, 5.41) is 0.247. The first-order valence-electron chi connectivity index (χ1n) is 8.93. The summed E-state index contributed by atoms with van der Waals surface area (Å²) >= 11 is 11.9. The molecule has 0 radical (unpaired) electrons. The Morgan fingerprint density at radius 1 is 1.04 bits per heavy atom. The van der Waals surface area contributed by atoms with Crippen LogP contribution in [-0.2, 0) is 14.6 Å². The van der Waals surface area contributed by atoms with E-state index in [0.29, 0.717) is 13.1 Å². The minimum Gasteiger partial charge on any atom is -0.341 e. The number of hydrogen-bond donors (Lipinski definition) is 0. The van der Waals surface area contributed by atoms with Crippen LogP contribution in [0.15, 0.2) is 12.1 Å². The highest BCUT2D eigenvalue weighted by atomic mass is 35.5. The summed E-state index contributed by atoms with van der Waals surface area (Å²) in [6.45, 7) is 1.05. The van der Waals surface area contributed by atoms with E-state index in [4.69, 9.17) is 23.2 Å². The number of hydrogen-bond acceptors (Lipinski definition) is 5. The normalized spacial score (nSPS) is 18.4. The Labute approximate surface area is 173 Å². The highest BCUT2D eigenvalue weighted by molar-refractivity contribution is 7.90. The summed E-state index contributed by atoms with van der Waals surface area (Å²) in [5.74, 6) is -2.05. The van der Waals surface area contributed by atoms with Crippen molar-refractivity contribution in [1.29, 1.82) is 0 Å². The minimum atomic E-state index is -3.39. The van der Waals surface area contributed by atoms with Crippen LogP contribution in [0.2, 0.25) is 10.0 Å². The van der Waals surface area contributed by atoms with Crippen LogP contribution in [0.4, 0.5) is 0 Å². The molecule has 2 heterocycles. The van der Waals surface area contributed by atoms with Crippen molar-refractivity contribution in [2.75, 3.05) is 25.1 Å². The minimum absolute atomic E-state index is 0.0650. The monoisotopic (exact) mass is 446 g/mol. The van der Waals surface area contributed by atoms with Crippen LogP contribution < -0.4 is 0 Å². The molecule has 2 aliphatic rings. The van der Waals surface area contributed by atoms with Crippen LogP contribution in [0.3, 0.4) is 0 Å². The summed E-state index contributed by atoms with van der Waals surface area (Å²) in [6, 6.07) is 1.43. The SMILES string of the molecule is CS(=O)(=O)CC[C@H](C(=O)N1CCCCC1)N1C(=O)c2cc(Cl)c(Cl)cc2C1=O. The van der Waals surface area contributed by atoms with Crippen LogP contribution in [-0.4, -0.2) is 67.1 Å². The number of carbonyl (C=O) groups is 3. The molecular weight excluding hydrogens is 427 g/mol. The molecule has 0 bridgehead atoms. The Bertz CT molecular complexity index is 901. The maximum Gasteiger partial charge on any atom is 0.262 e. The Morgan fingerprint density at radius 2 is 1.54 bits per heavy atom. The van der Waals surface area contributed by atoms with Crippen molar-refractivity contribution in [2.45, 2.75) is 31.7 Å². The lowest BCUT2D eigenvalue weighted by molar-refractivity contribution is -0.136. The van der Waals surface area contributed by atoms with Gasteiger partial charge in [0.2, 0.25) is 5.91 Å². The molecule has 152 valence electrons. The largest absolute Gasteiger partial charge is 0.341 e. The fourth-order valence-corrected chi connectivity index (χ4v) is 4.53. The molecule has 2 aliphatic heterocycles. The molecule has 1 atom stereocenters. The Balaban J connectivity index is 1.96. The molecule has 7 nitrogen and oxygen atoms in total. The van der Waals surface area contributed by atoms with E-state index in [9.17, 15) is 22.8 Å². The van der Waals surface area contributed by atoms with Crippen molar-refractivity contribution in [3.63, 3.8) is 0 Å². The van der Waals surface area contributed by atoms with Gasteiger partial charge in [-0.15, -0.1) is 0 Å². The van der Waals surface area contributed by atoms with Crippen molar-refractivity contribution >= 4 is 50.8 Å². The molecule has 1 aromatic rings. The standard InChI is InChI=1S/C18H20Cl2N2O5S/c1-28(26,27)8-5-15(18(25)21-6-3-2-4-7-21)22-16(23)11-9-13(19)14(20)10-12(11)17(22)24/h9-10,15H,2-8H2,1H3/t15-/m1/s1. The predicted molar refractivity (Wildman–Crippen MR) is 106 cm³/mol.